The van der Waals surface area contributed by atoms with Gasteiger partial charge in [-0.3, -0.25) is 9.78 Å². The summed E-state index contributed by atoms with van der Waals surface area (Å²) in [5.41, 5.74) is 1.73. The number of amides is 1. The average molecular weight is 320 g/mol. The van der Waals surface area contributed by atoms with E-state index in [-0.39, 0.29) is 11.9 Å². The highest BCUT2D eigenvalue weighted by atomic mass is 16.2. The third-order valence-electron chi connectivity index (χ3n) is 4.25. The van der Waals surface area contributed by atoms with E-state index in [9.17, 15) is 4.79 Å². The number of carbonyl (C=O) groups excluding carboxylic acids is 1. The first-order valence-corrected chi connectivity index (χ1v) is 7.85. The van der Waals surface area contributed by atoms with Crippen LogP contribution in [0.15, 0.2) is 55.5 Å². The molecule has 0 unspecified atom stereocenters. The minimum Gasteiger partial charge on any atom is -0.332 e. The zero-order chi connectivity index (χ0) is 16.4. The first-order valence-electron chi connectivity index (χ1n) is 7.85. The van der Waals surface area contributed by atoms with E-state index in [0.717, 1.165) is 24.9 Å². The van der Waals surface area contributed by atoms with Gasteiger partial charge in [-0.25, -0.2) is 14.6 Å². The lowest BCUT2D eigenvalue weighted by molar-refractivity contribution is 0.0735. The van der Waals surface area contributed by atoms with E-state index < -0.39 is 0 Å². The molecule has 7 nitrogen and oxygen atoms in total. The molecule has 120 valence electrons. The lowest BCUT2D eigenvalue weighted by Crippen LogP contribution is -2.30. The van der Waals surface area contributed by atoms with Crippen molar-refractivity contribution in [2.75, 3.05) is 6.54 Å². The molecule has 4 rings (SSSR count). The minimum atomic E-state index is 0.0121. The number of hydrogen-bond donors (Lipinski definition) is 0. The molecule has 0 radical (unpaired) electrons. The summed E-state index contributed by atoms with van der Waals surface area (Å²) < 4.78 is 1.54. The molecule has 1 atom stereocenters. The van der Waals surface area contributed by atoms with Crippen molar-refractivity contribution >= 4 is 5.91 Å². The van der Waals surface area contributed by atoms with Gasteiger partial charge in [0.1, 0.15) is 12.7 Å². The van der Waals surface area contributed by atoms with Crippen molar-refractivity contribution in [1.29, 1.82) is 0 Å². The van der Waals surface area contributed by atoms with Crippen LogP contribution in [0.3, 0.4) is 0 Å². The molecule has 3 aromatic heterocycles. The van der Waals surface area contributed by atoms with Crippen LogP contribution in [0.5, 0.6) is 0 Å². The summed E-state index contributed by atoms with van der Waals surface area (Å²) in [4.78, 5) is 27.1. The van der Waals surface area contributed by atoms with Gasteiger partial charge in [0.25, 0.3) is 5.91 Å². The number of carbonyl (C=O) groups is 1. The Labute approximate surface area is 139 Å². The second-order valence-electron chi connectivity index (χ2n) is 5.68. The van der Waals surface area contributed by atoms with Gasteiger partial charge in [0.15, 0.2) is 5.82 Å². The number of nitrogens with zero attached hydrogens (tertiary/aromatic N) is 6. The van der Waals surface area contributed by atoms with Crippen molar-refractivity contribution in [3.8, 4) is 5.82 Å². The first kappa shape index (κ1) is 14.5. The quantitative estimate of drug-likeness (QED) is 0.738. The number of rotatable bonds is 3. The molecule has 0 aliphatic carbocycles. The van der Waals surface area contributed by atoms with Crippen LogP contribution < -0.4 is 0 Å². The topological polar surface area (TPSA) is 76.8 Å². The third-order valence-corrected chi connectivity index (χ3v) is 4.25. The van der Waals surface area contributed by atoms with Crippen LogP contribution >= 0.6 is 0 Å². The second-order valence-corrected chi connectivity index (χ2v) is 5.68. The molecule has 4 heterocycles. The SMILES string of the molecule is O=C(c1ccnc(-n2cncn2)c1)N1CCC[C@@H]1c1ccncc1. The van der Waals surface area contributed by atoms with Gasteiger partial charge < -0.3 is 4.90 Å². The van der Waals surface area contributed by atoms with E-state index in [1.165, 1.54) is 6.33 Å². The fraction of sp³-hybridized carbons (Fsp3) is 0.235. The monoisotopic (exact) mass is 320 g/mol. The Kier molecular flexibility index (Phi) is 3.74. The molecular weight excluding hydrogens is 304 g/mol. The fourth-order valence-corrected chi connectivity index (χ4v) is 3.11. The smallest absolute Gasteiger partial charge is 0.254 e. The first-order chi connectivity index (χ1) is 11.8. The standard InChI is InChI=1S/C17H16N6O/c24-17(14-5-8-20-16(10-14)23-12-19-11-21-23)22-9-1-2-15(22)13-3-6-18-7-4-13/h3-8,10-12,15H,1-2,9H2/t15-/m1/s1. The summed E-state index contributed by atoms with van der Waals surface area (Å²) in [6, 6.07) is 7.54. The van der Waals surface area contributed by atoms with Crippen molar-refractivity contribution in [3.05, 3.63) is 66.6 Å². The van der Waals surface area contributed by atoms with Crippen LogP contribution in [0, 0.1) is 0 Å². The predicted molar refractivity (Wildman–Crippen MR) is 86.4 cm³/mol. The van der Waals surface area contributed by atoms with E-state index in [2.05, 4.69) is 20.1 Å². The molecule has 0 bridgehead atoms. The van der Waals surface area contributed by atoms with Gasteiger partial charge in [-0.05, 0) is 42.7 Å². The van der Waals surface area contributed by atoms with Crippen LogP contribution in [0.4, 0.5) is 0 Å². The molecule has 24 heavy (non-hydrogen) atoms. The normalized spacial score (nSPS) is 17.2. The van der Waals surface area contributed by atoms with Gasteiger partial charge >= 0.3 is 0 Å². The Morgan fingerprint density at radius 3 is 2.79 bits per heavy atom. The maximum absolute atomic E-state index is 13.0. The lowest BCUT2D eigenvalue weighted by atomic mass is 10.1. The second kappa shape index (κ2) is 6.19. The molecule has 1 amide bonds. The number of likely N-dealkylation sites (tertiary alicyclic amines) is 1. The summed E-state index contributed by atoms with van der Waals surface area (Å²) in [7, 11) is 0. The van der Waals surface area contributed by atoms with E-state index in [1.54, 1.807) is 41.7 Å². The van der Waals surface area contributed by atoms with Gasteiger partial charge in [0.2, 0.25) is 0 Å². The average Bonchev–Trinajstić information content (AvgIpc) is 3.34. The minimum absolute atomic E-state index is 0.0121. The summed E-state index contributed by atoms with van der Waals surface area (Å²) in [6.07, 6.45) is 10.1. The van der Waals surface area contributed by atoms with Crippen molar-refractivity contribution in [2.24, 2.45) is 0 Å². The number of hydrogen-bond acceptors (Lipinski definition) is 5. The molecule has 3 aromatic rings. The summed E-state index contributed by atoms with van der Waals surface area (Å²) >= 11 is 0. The Morgan fingerprint density at radius 2 is 2.00 bits per heavy atom. The highest BCUT2D eigenvalue weighted by molar-refractivity contribution is 5.95. The Bertz CT molecular complexity index is 833. The predicted octanol–water partition coefficient (Wildman–Crippen LogP) is 2.03. The van der Waals surface area contributed by atoms with Crippen LogP contribution in [-0.4, -0.2) is 42.1 Å². The fourth-order valence-electron chi connectivity index (χ4n) is 3.11. The Morgan fingerprint density at radius 1 is 1.12 bits per heavy atom. The van der Waals surface area contributed by atoms with Crippen LogP contribution in [0.25, 0.3) is 5.82 Å². The van der Waals surface area contributed by atoms with Crippen molar-refractivity contribution < 1.29 is 4.79 Å². The number of aromatic nitrogens is 5. The summed E-state index contributed by atoms with van der Waals surface area (Å²) in [5.74, 6) is 0.594. The van der Waals surface area contributed by atoms with Gasteiger partial charge in [0, 0.05) is 30.7 Å². The molecule has 7 heteroatoms. The van der Waals surface area contributed by atoms with Gasteiger partial charge in [-0.1, -0.05) is 0 Å². The highest BCUT2D eigenvalue weighted by Gasteiger charge is 2.30. The third kappa shape index (κ3) is 2.64. The molecule has 0 spiro atoms. The van der Waals surface area contributed by atoms with Gasteiger partial charge in [-0.15, -0.1) is 0 Å². The van der Waals surface area contributed by atoms with Gasteiger partial charge in [0.05, 0.1) is 6.04 Å². The molecule has 0 N–H and O–H groups in total. The maximum Gasteiger partial charge on any atom is 0.254 e. The largest absolute Gasteiger partial charge is 0.332 e. The zero-order valence-corrected chi connectivity index (χ0v) is 13.0. The van der Waals surface area contributed by atoms with Crippen LogP contribution in [0.2, 0.25) is 0 Å². The van der Waals surface area contributed by atoms with Gasteiger partial charge in [-0.2, -0.15) is 5.10 Å². The molecule has 1 saturated heterocycles. The van der Waals surface area contributed by atoms with Crippen molar-refractivity contribution in [1.82, 2.24) is 29.6 Å². The summed E-state index contributed by atoms with van der Waals surface area (Å²) in [6.45, 7) is 0.757. The van der Waals surface area contributed by atoms with E-state index in [1.807, 2.05) is 17.0 Å². The molecule has 1 aliphatic heterocycles. The molecule has 1 fully saturated rings. The van der Waals surface area contributed by atoms with Crippen LogP contribution in [-0.2, 0) is 0 Å². The molecule has 0 aromatic carbocycles. The molecule has 0 saturated carbocycles. The van der Waals surface area contributed by atoms with Crippen LogP contribution in [0.1, 0.15) is 34.8 Å². The number of pyridine rings is 2. The molecule has 1 aliphatic rings. The zero-order valence-electron chi connectivity index (χ0n) is 13.0. The highest BCUT2D eigenvalue weighted by Crippen LogP contribution is 2.32. The van der Waals surface area contributed by atoms with E-state index in [0.29, 0.717) is 11.4 Å². The van der Waals surface area contributed by atoms with E-state index >= 15 is 0 Å². The molecular formula is C17H16N6O. The maximum atomic E-state index is 13.0. The Balaban J connectivity index is 1.62. The Hall–Kier alpha value is -3.09. The lowest BCUT2D eigenvalue weighted by Gasteiger charge is -2.25. The van der Waals surface area contributed by atoms with E-state index in [4.69, 9.17) is 0 Å². The summed E-state index contributed by atoms with van der Waals surface area (Å²) in [5, 5.41) is 4.06. The van der Waals surface area contributed by atoms with Crippen molar-refractivity contribution in [2.45, 2.75) is 18.9 Å². The van der Waals surface area contributed by atoms with Crippen molar-refractivity contribution in [3.63, 3.8) is 0 Å².